The van der Waals surface area contributed by atoms with E-state index in [1.807, 2.05) is 6.92 Å². The minimum atomic E-state index is 0.811. The van der Waals surface area contributed by atoms with Gasteiger partial charge in [-0.15, -0.1) is 0 Å². The molecule has 0 aromatic rings. The first-order valence-electron chi connectivity index (χ1n) is 7.61. The van der Waals surface area contributed by atoms with Crippen molar-refractivity contribution < 1.29 is 10.4 Å². The smallest absolute Gasteiger partial charge is 0.0570 e. The van der Waals surface area contributed by atoms with E-state index in [-0.39, 0.29) is 0 Å². The summed E-state index contributed by atoms with van der Waals surface area (Å²) in [6.07, 6.45) is 12.1. The second-order valence-electron chi connectivity index (χ2n) is 5.23. The second-order valence-corrected chi connectivity index (χ2v) is 5.23. The van der Waals surface area contributed by atoms with Gasteiger partial charge in [0, 0.05) is 0 Å². The zero-order valence-electron chi connectivity index (χ0n) is 12.6. The van der Waals surface area contributed by atoms with Gasteiger partial charge in [0.2, 0.25) is 0 Å². The molecule has 0 aliphatic heterocycles. The van der Waals surface area contributed by atoms with Crippen LogP contribution in [0, 0.1) is 0 Å². The Bertz CT molecular complexity index is 263. The Labute approximate surface area is 117 Å². The van der Waals surface area contributed by atoms with Crippen LogP contribution in [0.25, 0.3) is 0 Å². The lowest BCUT2D eigenvalue weighted by molar-refractivity contribution is 0.315. The second kappa shape index (κ2) is 13.4. The lowest BCUT2D eigenvalue weighted by Crippen LogP contribution is -1.99. The molecule has 4 nitrogen and oxygen atoms in total. The maximum Gasteiger partial charge on any atom is 0.0570 e. The highest BCUT2D eigenvalue weighted by Crippen LogP contribution is 2.11. The van der Waals surface area contributed by atoms with Crippen molar-refractivity contribution in [3.05, 3.63) is 0 Å². The average molecular weight is 270 g/mol. The highest BCUT2D eigenvalue weighted by molar-refractivity contribution is 5.83. The molecule has 0 aromatic heterocycles. The molecular weight excluding hydrogens is 240 g/mol. The van der Waals surface area contributed by atoms with Crippen LogP contribution in [0.2, 0.25) is 0 Å². The quantitative estimate of drug-likeness (QED) is 0.227. The normalized spacial score (nSPS) is 12.9. The van der Waals surface area contributed by atoms with Gasteiger partial charge in [0.1, 0.15) is 0 Å². The van der Waals surface area contributed by atoms with Gasteiger partial charge in [-0.3, -0.25) is 0 Å². The van der Waals surface area contributed by atoms with Crippen LogP contribution in [0.3, 0.4) is 0 Å². The maximum absolute atomic E-state index is 8.91. The molecular formula is C15H30N2O2. The van der Waals surface area contributed by atoms with E-state index in [1.165, 1.54) is 32.1 Å². The molecule has 0 saturated carbocycles. The van der Waals surface area contributed by atoms with Gasteiger partial charge in [0.15, 0.2) is 0 Å². The molecule has 19 heavy (non-hydrogen) atoms. The van der Waals surface area contributed by atoms with Gasteiger partial charge in [-0.1, -0.05) is 49.3 Å². The van der Waals surface area contributed by atoms with E-state index < -0.39 is 0 Å². The van der Waals surface area contributed by atoms with Crippen LogP contribution < -0.4 is 0 Å². The summed E-state index contributed by atoms with van der Waals surface area (Å²) in [7, 11) is 0. The predicted octanol–water partition coefficient (Wildman–Crippen LogP) is 4.98. The third-order valence-electron chi connectivity index (χ3n) is 3.38. The van der Waals surface area contributed by atoms with Gasteiger partial charge in [-0.25, -0.2) is 0 Å². The van der Waals surface area contributed by atoms with Crippen molar-refractivity contribution in [1.82, 2.24) is 0 Å². The lowest BCUT2D eigenvalue weighted by atomic mass is 10.0. The molecule has 0 atom stereocenters. The van der Waals surface area contributed by atoms with Crippen LogP contribution >= 0.6 is 0 Å². The fourth-order valence-corrected chi connectivity index (χ4v) is 2.09. The van der Waals surface area contributed by atoms with Crippen LogP contribution in [-0.2, 0) is 0 Å². The van der Waals surface area contributed by atoms with Gasteiger partial charge >= 0.3 is 0 Å². The fourth-order valence-electron chi connectivity index (χ4n) is 2.09. The minimum Gasteiger partial charge on any atom is -0.411 e. The van der Waals surface area contributed by atoms with E-state index in [9.17, 15) is 0 Å². The Balaban J connectivity index is 3.41. The summed E-state index contributed by atoms with van der Waals surface area (Å²) < 4.78 is 0. The van der Waals surface area contributed by atoms with Gasteiger partial charge in [0.25, 0.3) is 0 Å². The molecule has 0 spiro atoms. The Morgan fingerprint density at radius 2 is 1.26 bits per heavy atom. The van der Waals surface area contributed by atoms with E-state index in [4.69, 9.17) is 10.4 Å². The number of rotatable bonds is 12. The highest BCUT2D eigenvalue weighted by atomic mass is 16.4. The van der Waals surface area contributed by atoms with Crippen LogP contribution in [-0.4, -0.2) is 21.8 Å². The van der Waals surface area contributed by atoms with Gasteiger partial charge in [-0.2, -0.15) is 0 Å². The van der Waals surface area contributed by atoms with Crippen molar-refractivity contribution in [2.24, 2.45) is 10.3 Å². The maximum atomic E-state index is 8.91. The Kier molecular flexibility index (Phi) is 12.6. The van der Waals surface area contributed by atoms with Crippen molar-refractivity contribution in [1.29, 1.82) is 0 Å². The Morgan fingerprint density at radius 3 is 1.79 bits per heavy atom. The fraction of sp³-hybridized carbons (Fsp3) is 0.867. The molecule has 4 heteroatoms. The number of oxime groups is 2. The van der Waals surface area contributed by atoms with Crippen LogP contribution in [0.4, 0.5) is 0 Å². The zero-order chi connectivity index (χ0) is 14.3. The van der Waals surface area contributed by atoms with Crippen LogP contribution in [0.5, 0.6) is 0 Å². The summed E-state index contributed by atoms with van der Waals surface area (Å²) in [6.45, 7) is 4.03. The van der Waals surface area contributed by atoms with Crippen molar-refractivity contribution in [3.8, 4) is 0 Å². The van der Waals surface area contributed by atoms with E-state index in [2.05, 4.69) is 17.2 Å². The number of unbranched alkanes of at least 4 members (excludes halogenated alkanes) is 6. The molecule has 0 aliphatic carbocycles. The summed E-state index contributed by atoms with van der Waals surface area (Å²) in [4.78, 5) is 0. The van der Waals surface area contributed by atoms with Crippen molar-refractivity contribution >= 4 is 11.4 Å². The topological polar surface area (TPSA) is 65.2 Å². The molecule has 0 aromatic carbocycles. The van der Waals surface area contributed by atoms with Crippen LogP contribution in [0.15, 0.2) is 10.3 Å². The molecule has 0 saturated heterocycles. The highest BCUT2D eigenvalue weighted by Gasteiger charge is 2.01. The third-order valence-corrected chi connectivity index (χ3v) is 3.38. The summed E-state index contributed by atoms with van der Waals surface area (Å²) >= 11 is 0. The van der Waals surface area contributed by atoms with Gasteiger partial charge < -0.3 is 10.4 Å². The third kappa shape index (κ3) is 11.7. The van der Waals surface area contributed by atoms with Crippen molar-refractivity contribution in [3.63, 3.8) is 0 Å². The number of nitrogens with zero attached hydrogens (tertiary/aromatic N) is 2. The molecule has 0 aliphatic rings. The Hall–Kier alpha value is -1.06. The Morgan fingerprint density at radius 1 is 0.737 bits per heavy atom. The molecule has 2 N–H and O–H groups in total. The molecule has 0 rings (SSSR count). The lowest BCUT2D eigenvalue weighted by Gasteiger charge is -2.04. The largest absolute Gasteiger partial charge is 0.411 e. The zero-order valence-corrected chi connectivity index (χ0v) is 12.6. The van der Waals surface area contributed by atoms with Crippen molar-refractivity contribution in [2.75, 3.05) is 0 Å². The molecule has 0 fully saturated rings. The minimum absolute atomic E-state index is 0.811. The van der Waals surface area contributed by atoms with E-state index in [0.717, 1.165) is 49.9 Å². The average Bonchev–Trinajstić information content (AvgIpc) is 2.44. The van der Waals surface area contributed by atoms with E-state index in [0.29, 0.717) is 0 Å². The standard InChI is InChI=1S/C15H30N2O2/c1-3-4-8-12-15(17-19)13-10-7-5-6-9-11-14(2)16-18/h18-19H,3-13H2,1-2H3. The monoisotopic (exact) mass is 270 g/mol. The van der Waals surface area contributed by atoms with Gasteiger partial charge in [-0.05, 0) is 45.4 Å². The number of hydrogen-bond acceptors (Lipinski definition) is 4. The summed E-state index contributed by atoms with van der Waals surface area (Å²) in [5.41, 5.74) is 1.77. The molecule has 0 amide bonds. The predicted molar refractivity (Wildman–Crippen MR) is 80.6 cm³/mol. The molecule has 0 heterocycles. The first kappa shape index (κ1) is 17.9. The van der Waals surface area contributed by atoms with E-state index >= 15 is 0 Å². The van der Waals surface area contributed by atoms with Gasteiger partial charge in [0.05, 0.1) is 11.4 Å². The first-order chi connectivity index (χ1) is 9.24. The first-order valence-corrected chi connectivity index (χ1v) is 7.61. The molecule has 0 unspecified atom stereocenters. The molecule has 0 bridgehead atoms. The molecule has 0 radical (unpaired) electrons. The van der Waals surface area contributed by atoms with E-state index in [1.54, 1.807) is 0 Å². The molecule has 112 valence electrons. The summed E-state index contributed by atoms with van der Waals surface area (Å²) in [5, 5.41) is 24.0. The SMILES string of the molecule is CCCCCC(CCCCCCCC(C)=NO)=NO. The number of hydrogen-bond donors (Lipinski definition) is 2. The van der Waals surface area contributed by atoms with Crippen LogP contribution in [0.1, 0.15) is 84.5 Å². The summed E-state index contributed by atoms with van der Waals surface area (Å²) in [6, 6.07) is 0. The summed E-state index contributed by atoms with van der Waals surface area (Å²) in [5.74, 6) is 0. The van der Waals surface area contributed by atoms with Crippen molar-refractivity contribution in [2.45, 2.75) is 84.5 Å².